The lowest BCUT2D eigenvalue weighted by Gasteiger charge is -2.20. The molecule has 0 spiro atoms. The molecule has 8 atom stereocenters. The number of fused-ring (bicyclic) bond motifs is 2. The number of nitrogen functional groups attached to an aromatic ring is 2. The van der Waals surface area contributed by atoms with Crippen LogP contribution in [0.2, 0.25) is 0 Å². The molecule has 4 aromatic heterocycles. The lowest BCUT2D eigenvalue weighted by Crippen LogP contribution is -2.19. The number of rotatable bonds is 12. The van der Waals surface area contributed by atoms with Crippen molar-refractivity contribution in [3.05, 3.63) is 25.3 Å². The summed E-state index contributed by atoms with van der Waals surface area (Å²) in [6.45, 7) is -1.46. The van der Waals surface area contributed by atoms with Gasteiger partial charge in [-0.1, -0.05) is 0 Å². The number of hydrogen-bond donors (Lipinski definition) is 7. The predicted molar refractivity (Wildman–Crippen MR) is 152 cm³/mol. The Bertz CT molecular complexity index is 1800. The van der Waals surface area contributed by atoms with Crippen molar-refractivity contribution in [2.45, 2.75) is 49.7 Å². The molecule has 2 saturated heterocycles. The van der Waals surface area contributed by atoms with Gasteiger partial charge in [0.25, 0.3) is 0 Å². The highest BCUT2D eigenvalue weighted by molar-refractivity contribution is 7.66. The molecule has 6 rings (SSSR count). The molecule has 27 heteroatoms. The monoisotopic (exact) mass is 724 g/mol. The molecule has 0 radical (unpaired) electrons. The van der Waals surface area contributed by atoms with E-state index in [0.29, 0.717) is 0 Å². The highest BCUT2D eigenvalue weighted by Crippen LogP contribution is 2.67. The number of aliphatic hydroxyl groups is 2. The zero-order valence-electron chi connectivity index (χ0n) is 23.6. The molecule has 2 aliphatic heterocycles. The zero-order chi connectivity index (χ0) is 33.7. The molecule has 2 fully saturated rings. The highest BCUT2D eigenvalue weighted by atomic mass is 31.3. The van der Waals surface area contributed by atoms with Crippen LogP contribution in [0.3, 0.4) is 0 Å². The number of aromatic nitrogens is 8. The van der Waals surface area contributed by atoms with Gasteiger partial charge >= 0.3 is 23.5 Å². The minimum Gasteiger partial charge on any atom is -0.388 e. The van der Waals surface area contributed by atoms with Gasteiger partial charge in [-0.15, -0.1) is 0 Å². The Morgan fingerprint density at radius 3 is 1.51 bits per heavy atom. The molecule has 2 aliphatic rings. The minimum absolute atomic E-state index is 0.0916. The zero-order valence-corrected chi connectivity index (χ0v) is 26.3. The number of anilines is 2. The summed E-state index contributed by atoms with van der Waals surface area (Å²) in [6, 6.07) is 0. The Morgan fingerprint density at radius 2 is 1.11 bits per heavy atom. The molecule has 9 N–H and O–H groups in total. The van der Waals surface area contributed by atoms with E-state index < -0.39 is 73.6 Å². The van der Waals surface area contributed by atoms with Gasteiger partial charge in [-0.05, 0) is 0 Å². The van der Waals surface area contributed by atoms with E-state index in [2.05, 4.69) is 38.5 Å². The number of imidazole rings is 2. The maximum Gasteiger partial charge on any atom is 0.490 e. The Morgan fingerprint density at radius 1 is 0.702 bits per heavy atom. The molecule has 47 heavy (non-hydrogen) atoms. The number of nitrogens with two attached hydrogens (primary N) is 2. The van der Waals surface area contributed by atoms with Gasteiger partial charge in [0, 0.05) is 12.8 Å². The Balaban J connectivity index is 0.995. The molecular formula is C20H27N10O14P3. The Hall–Kier alpha value is -3.05. The highest BCUT2D eigenvalue weighted by Gasteiger charge is 2.45. The maximum atomic E-state index is 12.4. The van der Waals surface area contributed by atoms with E-state index in [-0.39, 0.29) is 46.8 Å². The van der Waals surface area contributed by atoms with E-state index in [0.717, 1.165) is 0 Å². The molecule has 4 aromatic rings. The first kappa shape index (κ1) is 33.8. The van der Waals surface area contributed by atoms with Crippen molar-refractivity contribution in [2.24, 2.45) is 0 Å². The fourth-order valence-corrected chi connectivity index (χ4v) is 8.53. The third-order valence-electron chi connectivity index (χ3n) is 6.91. The second-order valence-electron chi connectivity index (χ2n) is 10.2. The normalized spacial score (nSPS) is 28.8. The van der Waals surface area contributed by atoms with Gasteiger partial charge in [0.15, 0.2) is 35.4 Å². The molecule has 0 bridgehead atoms. The van der Waals surface area contributed by atoms with Crippen molar-refractivity contribution in [3.63, 3.8) is 0 Å². The predicted octanol–water partition coefficient (Wildman–Crippen LogP) is -0.505. The number of hydrogen-bond acceptors (Lipinski definition) is 19. The van der Waals surface area contributed by atoms with Crippen LogP contribution in [-0.2, 0) is 40.8 Å². The van der Waals surface area contributed by atoms with Crippen LogP contribution in [0.25, 0.3) is 22.3 Å². The van der Waals surface area contributed by atoms with Gasteiger partial charge in [-0.2, -0.15) is 8.62 Å². The SMILES string of the molecule is Nc1ncnc2c1ncn2[C@@H]1O[C@H](COP(=O)(O)OP(=O)(O)OP(=O)(O)OC[C@@H]2C[C@@H](O)[C@H](n3cnc4c(N)ncnc43)O2)C[C@H]1O. The summed E-state index contributed by atoms with van der Waals surface area (Å²) in [6.07, 6.45) is -1.76. The standard InChI is InChI=1S/C20H27N10O14P3/c21-15-13-17(25-5-23-15)29(7-27-13)19-11(31)1-9(41-19)3-39-45(33,34)43-47(37,38)44-46(35,36)40-4-10-2-12(32)20(42-10)30-8-28-14-16(22)24-6-26-18(14)30/h5-12,19-20,31-32H,1-4H2,(H,33,34)(H,35,36)(H,37,38)(H2,21,23,25)(H2,22,24,26)/t9-,10-,11+,12+,19+,20+/m0/s1. The van der Waals surface area contributed by atoms with Crippen LogP contribution in [0, 0.1) is 0 Å². The molecule has 0 aromatic carbocycles. The van der Waals surface area contributed by atoms with Crippen molar-refractivity contribution in [1.82, 2.24) is 39.0 Å². The summed E-state index contributed by atoms with van der Waals surface area (Å²) in [7, 11) is -16.7. The van der Waals surface area contributed by atoms with Crippen LogP contribution < -0.4 is 11.5 Å². The Kier molecular flexibility index (Phi) is 9.19. The third kappa shape index (κ3) is 7.36. The molecule has 2 unspecified atom stereocenters. The van der Waals surface area contributed by atoms with E-state index in [1.165, 1.54) is 34.4 Å². The van der Waals surface area contributed by atoms with E-state index >= 15 is 0 Å². The number of aliphatic hydroxyl groups excluding tert-OH is 2. The number of phosphoric ester groups is 2. The molecular weight excluding hydrogens is 697 g/mol. The fraction of sp³-hybridized carbons (Fsp3) is 0.500. The summed E-state index contributed by atoms with van der Waals surface area (Å²) in [5.74, 6) is 0.183. The fourth-order valence-electron chi connectivity index (χ4n) is 4.96. The van der Waals surface area contributed by atoms with Gasteiger partial charge in [0.05, 0.1) is 38.1 Å². The second-order valence-corrected chi connectivity index (χ2v) is 14.9. The molecule has 24 nitrogen and oxygen atoms in total. The van der Waals surface area contributed by atoms with Crippen molar-refractivity contribution in [2.75, 3.05) is 24.7 Å². The van der Waals surface area contributed by atoms with Gasteiger partial charge in [0.1, 0.15) is 35.9 Å². The topological polar surface area (TPSA) is 347 Å². The van der Waals surface area contributed by atoms with Crippen molar-refractivity contribution in [1.29, 1.82) is 0 Å². The minimum atomic E-state index is -5.78. The summed E-state index contributed by atoms with van der Waals surface area (Å²) >= 11 is 0. The summed E-state index contributed by atoms with van der Waals surface area (Å²) in [5, 5.41) is 21.0. The number of nitrogens with zero attached hydrogens (tertiary/aromatic N) is 8. The van der Waals surface area contributed by atoms with Gasteiger partial charge in [-0.3, -0.25) is 18.2 Å². The third-order valence-corrected chi connectivity index (χ3v) is 11.2. The smallest absolute Gasteiger partial charge is 0.388 e. The van der Waals surface area contributed by atoms with Crippen LogP contribution in [0.1, 0.15) is 25.3 Å². The van der Waals surface area contributed by atoms with Crippen LogP contribution in [0.4, 0.5) is 11.6 Å². The average Bonchev–Trinajstić information content (AvgIpc) is 3.75. The van der Waals surface area contributed by atoms with Crippen molar-refractivity contribution >= 4 is 57.4 Å². The molecule has 256 valence electrons. The molecule has 0 amide bonds. The maximum absolute atomic E-state index is 12.4. The summed E-state index contributed by atoms with van der Waals surface area (Å²) < 4.78 is 68.8. The van der Waals surface area contributed by atoms with Crippen LogP contribution in [-0.4, -0.2) is 102 Å². The lowest BCUT2D eigenvalue weighted by atomic mass is 10.2. The van der Waals surface area contributed by atoms with E-state index in [1.54, 1.807) is 0 Å². The number of phosphoric acid groups is 3. The average molecular weight is 724 g/mol. The Labute approximate surface area is 262 Å². The van der Waals surface area contributed by atoms with Crippen LogP contribution in [0.5, 0.6) is 0 Å². The number of ether oxygens (including phenoxy) is 2. The quantitative estimate of drug-likeness (QED) is 0.0905. The van der Waals surface area contributed by atoms with E-state index in [4.69, 9.17) is 30.0 Å². The summed E-state index contributed by atoms with van der Waals surface area (Å²) in [4.78, 5) is 53.8. The first-order valence-corrected chi connectivity index (χ1v) is 17.8. The van der Waals surface area contributed by atoms with E-state index in [9.17, 15) is 38.6 Å². The first-order chi connectivity index (χ1) is 22.1. The summed E-state index contributed by atoms with van der Waals surface area (Å²) in [5.41, 5.74) is 12.5. The largest absolute Gasteiger partial charge is 0.490 e. The molecule has 0 saturated carbocycles. The van der Waals surface area contributed by atoms with Crippen LogP contribution >= 0.6 is 23.5 Å². The van der Waals surface area contributed by atoms with Crippen molar-refractivity contribution < 1.29 is 65.7 Å². The van der Waals surface area contributed by atoms with Crippen LogP contribution in [0.15, 0.2) is 25.3 Å². The molecule has 6 heterocycles. The van der Waals surface area contributed by atoms with Crippen molar-refractivity contribution in [3.8, 4) is 0 Å². The van der Waals surface area contributed by atoms with Gasteiger partial charge < -0.3 is 45.8 Å². The van der Waals surface area contributed by atoms with Gasteiger partial charge in [-0.25, -0.2) is 43.6 Å². The lowest BCUT2D eigenvalue weighted by molar-refractivity contribution is -0.0487. The van der Waals surface area contributed by atoms with E-state index in [1.807, 2.05) is 0 Å². The second kappa shape index (κ2) is 12.8. The van der Waals surface area contributed by atoms with Gasteiger partial charge in [0.2, 0.25) is 0 Å². The first-order valence-electron chi connectivity index (χ1n) is 13.3. The molecule has 0 aliphatic carbocycles.